The lowest BCUT2D eigenvalue weighted by Gasteiger charge is -2.10. The fourth-order valence-corrected chi connectivity index (χ4v) is 3.33. The highest BCUT2D eigenvalue weighted by Gasteiger charge is 2.16. The van der Waals surface area contributed by atoms with Crippen LogP contribution in [0.5, 0.6) is 0 Å². The molecule has 126 valence electrons. The van der Waals surface area contributed by atoms with E-state index < -0.39 is 10.0 Å². The minimum absolute atomic E-state index is 0.178. The second-order valence-corrected chi connectivity index (χ2v) is 7.44. The molecule has 0 amide bonds. The van der Waals surface area contributed by atoms with Crippen molar-refractivity contribution in [1.82, 2.24) is 14.9 Å². The first-order chi connectivity index (χ1) is 10.8. The van der Waals surface area contributed by atoms with Crippen molar-refractivity contribution in [3.63, 3.8) is 0 Å². The zero-order valence-corrected chi connectivity index (χ0v) is 14.6. The topological polar surface area (TPSA) is 97.1 Å². The Kier molecular flexibility index (Phi) is 5.38. The van der Waals surface area contributed by atoms with Gasteiger partial charge in [-0.1, -0.05) is 31.1 Å². The Morgan fingerprint density at radius 3 is 2.61 bits per heavy atom. The summed E-state index contributed by atoms with van der Waals surface area (Å²) in [4.78, 5) is 4.46. The first kappa shape index (κ1) is 17.4. The molecule has 0 aliphatic heterocycles. The van der Waals surface area contributed by atoms with Gasteiger partial charge in [0.15, 0.2) is 5.82 Å². The lowest BCUT2D eigenvalue weighted by molar-refractivity contribution is 0.419. The van der Waals surface area contributed by atoms with Crippen LogP contribution in [0.4, 0.5) is 6.01 Å². The van der Waals surface area contributed by atoms with Crippen molar-refractivity contribution in [3.8, 4) is 0 Å². The molecule has 0 saturated heterocycles. The van der Waals surface area contributed by atoms with E-state index in [1.165, 1.54) is 0 Å². The molecule has 0 aliphatic rings. The van der Waals surface area contributed by atoms with Gasteiger partial charge in [0.2, 0.25) is 10.0 Å². The smallest absolute Gasteiger partial charge is 0.321 e. The maximum atomic E-state index is 12.3. The van der Waals surface area contributed by atoms with Crippen LogP contribution in [0.15, 0.2) is 27.6 Å². The van der Waals surface area contributed by atoms with E-state index in [0.29, 0.717) is 23.3 Å². The molecular weight excluding hydrogens is 316 g/mol. The van der Waals surface area contributed by atoms with Gasteiger partial charge in [-0.2, -0.15) is 4.98 Å². The van der Waals surface area contributed by atoms with Crippen LogP contribution >= 0.6 is 0 Å². The maximum Gasteiger partial charge on any atom is 0.321 e. The minimum Gasteiger partial charge on any atom is -0.336 e. The van der Waals surface area contributed by atoms with E-state index in [9.17, 15) is 8.42 Å². The number of nitrogens with one attached hydrogen (secondary N) is 2. The molecule has 2 aromatic rings. The van der Waals surface area contributed by atoms with Crippen molar-refractivity contribution in [2.24, 2.45) is 0 Å². The van der Waals surface area contributed by atoms with E-state index in [-0.39, 0.29) is 12.5 Å². The number of benzene rings is 1. The summed E-state index contributed by atoms with van der Waals surface area (Å²) in [6.07, 6.45) is 0. The van der Waals surface area contributed by atoms with Gasteiger partial charge < -0.3 is 9.84 Å². The fourth-order valence-electron chi connectivity index (χ4n) is 1.97. The van der Waals surface area contributed by atoms with E-state index in [1.807, 2.05) is 26.8 Å². The largest absolute Gasteiger partial charge is 0.336 e. The molecule has 23 heavy (non-hydrogen) atoms. The first-order valence-electron chi connectivity index (χ1n) is 7.44. The Bertz CT molecular complexity index is 769. The molecule has 1 aromatic carbocycles. The van der Waals surface area contributed by atoms with Crippen LogP contribution in [-0.2, 0) is 10.0 Å². The standard InChI is InChI=1S/C15H22N4O3S/c1-10(2)14-18-15(22-19-14)16-7-8-17-23(20,21)13-9-11(3)5-6-12(13)4/h5-6,9-10,17H,7-8H2,1-4H3,(H,16,18,19). The highest BCUT2D eigenvalue weighted by molar-refractivity contribution is 7.89. The summed E-state index contributed by atoms with van der Waals surface area (Å²) in [6, 6.07) is 5.64. The van der Waals surface area contributed by atoms with E-state index in [0.717, 1.165) is 11.1 Å². The third-order valence-corrected chi connectivity index (χ3v) is 4.89. The molecule has 0 radical (unpaired) electrons. The Morgan fingerprint density at radius 2 is 1.96 bits per heavy atom. The monoisotopic (exact) mass is 338 g/mol. The highest BCUT2D eigenvalue weighted by atomic mass is 32.2. The lowest BCUT2D eigenvalue weighted by Crippen LogP contribution is -2.29. The molecule has 2 N–H and O–H groups in total. The Balaban J connectivity index is 1.91. The molecule has 0 fully saturated rings. The fraction of sp³-hybridized carbons (Fsp3) is 0.467. The number of aromatic nitrogens is 2. The molecule has 0 unspecified atom stereocenters. The average molecular weight is 338 g/mol. The van der Waals surface area contributed by atoms with Crippen molar-refractivity contribution >= 4 is 16.0 Å². The number of sulfonamides is 1. The highest BCUT2D eigenvalue weighted by Crippen LogP contribution is 2.16. The number of anilines is 1. The van der Waals surface area contributed by atoms with Crippen LogP contribution in [0, 0.1) is 13.8 Å². The quantitative estimate of drug-likeness (QED) is 0.751. The van der Waals surface area contributed by atoms with E-state index in [4.69, 9.17) is 4.52 Å². The molecule has 0 saturated carbocycles. The third kappa shape index (κ3) is 4.52. The van der Waals surface area contributed by atoms with Crippen molar-refractivity contribution in [2.75, 3.05) is 18.4 Å². The van der Waals surface area contributed by atoms with Crippen LogP contribution in [0.3, 0.4) is 0 Å². The summed E-state index contributed by atoms with van der Waals surface area (Å²) in [5, 5.41) is 6.73. The third-order valence-electron chi connectivity index (χ3n) is 3.28. The number of nitrogens with zero attached hydrogens (tertiary/aromatic N) is 2. The SMILES string of the molecule is Cc1ccc(C)c(S(=O)(=O)NCCNc2nc(C(C)C)no2)c1. The summed E-state index contributed by atoms with van der Waals surface area (Å²) in [6.45, 7) is 8.14. The molecule has 0 atom stereocenters. The van der Waals surface area contributed by atoms with Gasteiger partial charge in [0, 0.05) is 19.0 Å². The second-order valence-electron chi connectivity index (χ2n) is 5.71. The van der Waals surface area contributed by atoms with Gasteiger partial charge in [0.1, 0.15) is 0 Å². The summed E-state index contributed by atoms with van der Waals surface area (Å²) >= 11 is 0. The predicted octanol–water partition coefficient (Wildman–Crippen LogP) is 2.20. The van der Waals surface area contributed by atoms with Crippen LogP contribution < -0.4 is 10.0 Å². The van der Waals surface area contributed by atoms with Gasteiger partial charge >= 0.3 is 6.01 Å². The van der Waals surface area contributed by atoms with Crippen molar-refractivity contribution < 1.29 is 12.9 Å². The number of hydrogen-bond acceptors (Lipinski definition) is 6. The summed E-state index contributed by atoms with van der Waals surface area (Å²) in [5.74, 6) is 0.792. The Hall–Kier alpha value is -1.93. The minimum atomic E-state index is -3.53. The van der Waals surface area contributed by atoms with Gasteiger partial charge in [-0.3, -0.25) is 0 Å². The number of rotatable bonds is 7. The predicted molar refractivity (Wildman–Crippen MR) is 88.0 cm³/mol. The maximum absolute atomic E-state index is 12.3. The molecule has 1 aromatic heterocycles. The number of aryl methyl sites for hydroxylation is 2. The van der Waals surface area contributed by atoms with Crippen LogP contribution in [-0.4, -0.2) is 31.6 Å². The van der Waals surface area contributed by atoms with Crippen molar-refractivity contribution in [1.29, 1.82) is 0 Å². The summed E-state index contributed by atoms with van der Waals surface area (Å²) in [7, 11) is -3.53. The summed E-state index contributed by atoms with van der Waals surface area (Å²) in [5.41, 5.74) is 1.62. The van der Waals surface area contributed by atoms with Crippen molar-refractivity contribution in [3.05, 3.63) is 35.2 Å². The second kappa shape index (κ2) is 7.10. The lowest BCUT2D eigenvalue weighted by atomic mass is 10.2. The molecule has 0 aliphatic carbocycles. The molecule has 8 heteroatoms. The number of hydrogen-bond donors (Lipinski definition) is 2. The molecule has 1 heterocycles. The molecule has 2 rings (SSSR count). The van der Waals surface area contributed by atoms with Gasteiger partial charge in [-0.15, -0.1) is 0 Å². The molecule has 7 nitrogen and oxygen atoms in total. The zero-order valence-electron chi connectivity index (χ0n) is 13.8. The normalized spacial score (nSPS) is 11.9. The molecular formula is C15H22N4O3S. The van der Waals surface area contributed by atoms with Gasteiger partial charge in [0.25, 0.3) is 0 Å². The van der Waals surface area contributed by atoms with Gasteiger partial charge in [-0.05, 0) is 31.0 Å². The summed E-state index contributed by atoms with van der Waals surface area (Å²) < 4.78 is 32.2. The van der Waals surface area contributed by atoms with E-state index >= 15 is 0 Å². The average Bonchev–Trinajstić information content (AvgIpc) is 2.95. The van der Waals surface area contributed by atoms with Gasteiger partial charge in [0.05, 0.1) is 4.90 Å². The van der Waals surface area contributed by atoms with E-state index in [1.54, 1.807) is 19.1 Å². The molecule has 0 spiro atoms. The zero-order chi connectivity index (χ0) is 17.0. The molecule has 0 bridgehead atoms. The Labute approximate surface area is 136 Å². The van der Waals surface area contributed by atoms with Crippen LogP contribution in [0.1, 0.15) is 36.7 Å². The van der Waals surface area contributed by atoms with Gasteiger partial charge in [-0.25, -0.2) is 13.1 Å². The van der Waals surface area contributed by atoms with Crippen LogP contribution in [0.25, 0.3) is 0 Å². The Morgan fingerprint density at radius 1 is 1.22 bits per heavy atom. The first-order valence-corrected chi connectivity index (χ1v) is 8.92. The van der Waals surface area contributed by atoms with Crippen LogP contribution in [0.2, 0.25) is 0 Å². The van der Waals surface area contributed by atoms with E-state index in [2.05, 4.69) is 20.2 Å². The van der Waals surface area contributed by atoms with Crippen molar-refractivity contribution in [2.45, 2.75) is 38.5 Å².